The summed E-state index contributed by atoms with van der Waals surface area (Å²) in [6, 6.07) is 6.84. The van der Waals surface area contributed by atoms with E-state index in [2.05, 4.69) is 10.1 Å². The lowest BCUT2D eigenvalue weighted by Gasteiger charge is -2.16. The van der Waals surface area contributed by atoms with Gasteiger partial charge < -0.3 is 14.8 Å². The molecule has 23 heavy (non-hydrogen) atoms. The molecule has 0 spiro atoms. The van der Waals surface area contributed by atoms with Crippen LogP contribution in [0.4, 0.5) is 5.69 Å². The molecule has 1 saturated heterocycles. The van der Waals surface area contributed by atoms with E-state index in [4.69, 9.17) is 16.3 Å². The third-order valence-corrected chi connectivity index (χ3v) is 3.55. The van der Waals surface area contributed by atoms with Crippen LogP contribution in [0.2, 0.25) is 5.02 Å². The summed E-state index contributed by atoms with van der Waals surface area (Å²) in [6.45, 7) is 3.46. The normalized spacial score (nSPS) is 18.3. The molecule has 1 aromatic rings. The molecule has 1 atom stereocenters. The van der Waals surface area contributed by atoms with Gasteiger partial charge in [0.15, 0.2) is 0 Å². The molecular weight excluding hydrogens is 322 g/mol. The predicted molar refractivity (Wildman–Crippen MR) is 83.6 cm³/mol. The maximum absolute atomic E-state index is 12.2. The fourth-order valence-corrected chi connectivity index (χ4v) is 2.40. The second-order valence-corrected chi connectivity index (χ2v) is 5.38. The van der Waals surface area contributed by atoms with Gasteiger partial charge in [0.25, 0.3) is 0 Å². The van der Waals surface area contributed by atoms with Crippen LogP contribution in [0, 0.1) is 5.92 Å². The molecule has 0 bridgehead atoms. The number of ether oxygens (including phenoxy) is 2. The number of benzene rings is 1. The quantitative estimate of drug-likeness (QED) is 0.505. The zero-order valence-electron chi connectivity index (χ0n) is 12.7. The average Bonchev–Trinajstić information content (AvgIpc) is 2.80. The highest BCUT2D eigenvalue weighted by molar-refractivity contribution is 6.30. The van der Waals surface area contributed by atoms with Gasteiger partial charge in [-0.1, -0.05) is 11.6 Å². The first kappa shape index (κ1) is 17.0. The number of anilines is 1. The van der Waals surface area contributed by atoms with Crippen LogP contribution in [-0.2, 0) is 23.9 Å². The summed E-state index contributed by atoms with van der Waals surface area (Å²) in [5.74, 6) is -3.00. The monoisotopic (exact) mass is 337 g/mol. The van der Waals surface area contributed by atoms with Crippen LogP contribution in [0.1, 0.15) is 20.3 Å². The van der Waals surface area contributed by atoms with Crippen molar-refractivity contribution in [2.24, 2.45) is 5.92 Å². The minimum Gasteiger partial charge on any atom is -0.463 e. The van der Waals surface area contributed by atoms with E-state index in [0.717, 1.165) is 0 Å². The Balaban J connectivity index is 2.34. The molecule has 0 unspecified atom stereocenters. The lowest BCUT2D eigenvalue weighted by atomic mass is 9.95. The number of carbonyl (C=O) groups is 3. The molecule has 0 amide bonds. The van der Waals surface area contributed by atoms with Gasteiger partial charge in [-0.15, -0.1) is 0 Å². The highest BCUT2D eigenvalue weighted by Gasteiger charge is 2.40. The van der Waals surface area contributed by atoms with Gasteiger partial charge >= 0.3 is 17.9 Å². The van der Waals surface area contributed by atoms with Crippen molar-refractivity contribution in [1.82, 2.24) is 0 Å². The summed E-state index contributed by atoms with van der Waals surface area (Å²) in [5, 5.41) is 3.60. The minimum atomic E-state index is -0.957. The predicted octanol–water partition coefficient (Wildman–Crippen LogP) is 2.68. The highest BCUT2D eigenvalue weighted by atomic mass is 35.5. The molecule has 1 aliphatic rings. The van der Waals surface area contributed by atoms with Gasteiger partial charge in [0.2, 0.25) is 0 Å². The third kappa shape index (κ3) is 4.10. The molecule has 122 valence electrons. The van der Waals surface area contributed by atoms with E-state index in [1.54, 1.807) is 38.1 Å². The van der Waals surface area contributed by atoms with Crippen LogP contribution in [0.25, 0.3) is 0 Å². The Morgan fingerprint density at radius 1 is 1.35 bits per heavy atom. The summed E-state index contributed by atoms with van der Waals surface area (Å²) in [7, 11) is 0. The van der Waals surface area contributed by atoms with Crippen LogP contribution in [-0.4, -0.2) is 24.5 Å². The SMILES string of the molecule is CCOC(=O)/C(=C(\C)Nc1ccc(Cl)cc1)[C@H]1CC(=O)OC1=O. The van der Waals surface area contributed by atoms with Gasteiger partial charge in [-0.3, -0.25) is 9.59 Å². The second-order valence-electron chi connectivity index (χ2n) is 4.94. The van der Waals surface area contributed by atoms with Gasteiger partial charge in [-0.05, 0) is 38.1 Å². The van der Waals surface area contributed by atoms with Gasteiger partial charge in [0.05, 0.1) is 18.6 Å². The minimum absolute atomic E-state index is 0.0950. The maximum atomic E-state index is 12.2. The largest absolute Gasteiger partial charge is 0.463 e. The Kier molecular flexibility index (Phi) is 5.39. The average molecular weight is 338 g/mol. The zero-order chi connectivity index (χ0) is 17.0. The number of halogens is 1. The van der Waals surface area contributed by atoms with Crippen molar-refractivity contribution in [2.75, 3.05) is 11.9 Å². The molecule has 0 saturated carbocycles. The van der Waals surface area contributed by atoms with Gasteiger partial charge in [-0.2, -0.15) is 0 Å². The van der Waals surface area contributed by atoms with Crippen molar-refractivity contribution in [3.05, 3.63) is 40.6 Å². The van der Waals surface area contributed by atoms with Crippen LogP contribution in [0.5, 0.6) is 0 Å². The number of rotatable bonds is 5. The molecule has 1 aliphatic heterocycles. The van der Waals surface area contributed by atoms with Crippen LogP contribution in [0.3, 0.4) is 0 Å². The lowest BCUT2D eigenvalue weighted by molar-refractivity contribution is -0.153. The van der Waals surface area contributed by atoms with Crippen molar-refractivity contribution in [3.8, 4) is 0 Å². The molecule has 1 heterocycles. The molecule has 0 aliphatic carbocycles. The number of esters is 3. The van der Waals surface area contributed by atoms with Crippen molar-refractivity contribution >= 4 is 35.2 Å². The summed E-state index contributed by atoms with van der Waals surface area (Å²) < 4.78 is 9.54. The Hall–Kier alpha value is -2.34. The standard InChI is InChI=1S/C16H16ClNO5/c1-3-22-16(21)14(12-8-13(19)23-15(12)20)9(2)18-11-6-4-10(17)5-7-11/h4-7,12,18H,3,8H2,1-2H3/b14-9+/t12-/m1/s1. The van der Waals surface area contributed by atoms with Gasteiger partial charge in [0.1, 0.15) is 5.92 Å². The van der Waals surface area contributed by atoms with E-state index in [9.17, 15) is 14.4 Å². The molecule has 7 heteroatoms. The van der Waals surface area contributed by atoms with E-state index in [1.165, 1.54) is 0 Å². The first-order chi connectivity index (χ1) is 10.9. The highest BCUT2D eigenvalue weighted by Crippen LogP contribution is 2.28. The Labute approximate surface area is 138 Å². The summed E-state index contributed by atoms with van der Waals surface area (Å²) in [5.41, 5.74) is 1.20. The van der Waals surface area contributed by atoms with Crippen LogP contribution >= 0.6 is 11.6 Å². The summed E-state index contributed by atoms with van der Waals surface area (Å²) in [6.07, 6.45) is -0.174. The van der Waals surface area contributed by atoms with E-state index >= 15 is 0 Å². The van der Waals surface area contributed by atoms with Crippen LogP contribution < -0.4 is 5.32 Å². The first-order valence-corrected chi connectivity index (χ1v) is 7.45. The third-order valence-electron chi connectivity index (χ3n) is 3.29. The van der Waals surface area contributed by atoms with Crippen LogP contribution in [0.15, 0.2) is 35.5 Å². The Morgan fingerprint density at radius 3 is 2.52 bits per heavy atom. The molecule has 1 aromatic carbocycles. The maximum Gasteiger partial charge on any atom is 0.336 e. The van der Waals surface area contributed by atoms with E-state index in [-0.39, 0.29) is 18.6 Å². The lowest BCUT2D eigenvalue weighted by Crippen LogP contribution is -2.23. The fourth-order valence-electron chi connectivity index (χ4n) is 2.28. The van der Waals surface area contributed by atoms with Crippen molar-refractivity contribution in [3.63, 3.8) is 0 Å². The molecule has 6 nitrogen and oxygen atoms in total. The van der Waals surface area contributed by atoms with Gasteiger partial charge in [-0.25, -0.2) is 4.79 Å². The molecule has 2 rings (SSSR count). The van der Waals surface area contributed by atoms with E-state index < -0.39 is 23.8 Å². The number of cyclic esters (lactones) is 2. The summed E-state index contributed by atoms with van der Waals surface area (Å²) >= 11 is 5.83. The fraction of sp³-hybridized carbons (Fsp3) is 0.312. The molecule has 0 radical (unpaired) electrons. The van der Waals surface area contributed by atoms with Crippen molar-refractivity contribution < 1.29 is 23.9 Å². The van der Waals surface area contributed by atoms with E-state index in [1.807, 2.05) is 0 Å². The number of hydrogen-bond donors (Lipinski definition) is 1. The second kappa shape index (κ2) is 7.28. The Bertz CT molecular complexity index is 666. The van der Waals surface area contributed by atoms with Crippen molar-refractivity contribution in [1.29, 1.82) is 0 Å². The number of allylic oxidation sites excluding steroid dienone is 1. The first-order valence-electron chi connectivity index (χ1n) is 7.07. The van der Waals surface area contributed by atoms with Gasteiger partial charge in [0, 0.05) is 16.4 Å². The number of nitrogens with one attached hydrogen (secondary N) is 1. The molecule has 1 fully saturated rings. The molecule has 1 N–H and O–H groups in total. The van der Waals surface area contributed by atoms with E-state index in [0.29, 0.717) is 16.4 Å². The van der Waals surface area contributed by atoms with Crippen molar-refractivity contribution in [2.45, 2.75) is 20.3 Å². The molecular formula is C16H16ClNO5. The molecule has 0 aromatic heterocycles. The topological polar surface area (TPSA) is 81.7 Å². The number of carbonyl (C=O) groups excluding carboxylic acids is 3. The summed E-state index contributed by atoms with van der Waals surface area (Å²) in [4.78, 5) is 35.3. The smallest absolute Gasteiger partial charge is 0.336 e. The zero-order valence-corrected chi connectivity index (χ0v) is 13.5. The Morgan fingerprint density at radius 2 is 2.00 bits per heavy atom. The number of hydrogen-bond acceptors (Lipinski definition) is 6.